The molecule has 96 valence electrons. The van der Waals surface area contributed by atoms with Crippen LogP contribution in [0.5, 0.6) is 0 Å². The smallest absolute Gasteiger partial charge is 0.109 e. The fraction of sp³-hybridized carbons (Fsp3) is 0.562. The lowest BCUT2D eigenvalue weighted by Gasteiger charge is -2.08. The molecule has 1 aromatic carbocycles. The Morgan fingerprint density at radius 2 is 2.06 bits per heavy atom. The highest BCUT2D eigenvalue weighted by Crippen LogP contribution is 2.30. The lowest BCUT2D eigenvalue weighted by molar-refractivity contribution is 0.548. The maximum Gasteiger partial charge on any atom is 0.109 e. The molecule has 0 spiro atoms. The van der Waals surface area contributed by atoms with Crippen molar-refractivity contribution in [2.24, 2.45) is 5.92 Å². The van der Waals surface area contributed by atoms with Crippen molar-refractivity contribution in [3.63, 3.8) is 0 Å². The van der Waals surface area contributed by atoms with E-state index in [0.717, 1.165) is 11.7 Å². The third kappa shape index (κ3) is 2.16. The molecule has 1 aliphatic carbocycles. The molecule has 0 radical (unpaired) electrons. The number of para-hydroxylation sites is 1. The maximum atomic E-state index is 4.80. The molecule has 2 aromatic rings. The molecule has 0 amide bonds. The highest BCUT2D eigenvalue weighted by Gasteiger charge is 2.17. The average molecular weight is 242 g/mol. The summed E-state index contributed by atoms with van der Waals surface area (Å²) in [5.41, 5.74) is 3.84. The van der Waals surface area contributed by atoms with Gasteiger partial charge in [-0.25, -0.2) is 4.98 Å². The number of imidazole rings is 1. The molecule has 1 aliphatic rings. The quantitative estimate of drug-likeness (QED) is 0.848. The minimum Gasteiger partial charge on any atom is -0.342 e. The van der Waals surface area contributed by atoms with Crippen LogP contribution in [0.2, 0.25) is 0 Å². The van der Waals surface area contributed by atoms with Crippen molar-refractivity contribution in [3.8, 4) is 0 Å². The van der Waals surface area contributed by atoms with Crippen LogP contribution in [0.3, 0.4) is 0 Å². The largest absolute Gasteiger partial charge is 0.342 e. The average Bonchev–Trinajstić information content (AvgIpc) is 2.97. The van der Waals surface area contributed by atoms with Crippen LogP contribution in [0.1, 0.15) is 56.8 Å². The lowest BCUT2D eigenvalue weighted by Crippen LogP contribution is -1.99. The summed E-state index contributed by atoms with van der Waals surface area (Å²) in [5, 5.41) is 0. The Morgan fingerprint density at radius 1 is 1.28 bits per heavy atom. The van der Waals surface area contributed by atoms with Gasteiger partial charge in [0.1, 0.15) is 5.82 Å². The lowest BCUT2D eigenvalue weighted by atomic mass is 9.97. The Morgan fingerprint density at radius 3 is 2.78 bits per heavy atom. The molecule has 2 nitrogen and oxygen atoms in total. The molecule has 1 saturated carbocycles. The molecule has 0 unspecified atom stereocenters. The zero-order valence-corrected chi connectivity index (χ0v) is 11.4. The van der Waals surface area contributed by atoms with Gasteiger partial charge in [-0.3, -0.25) is 0 Å². The maximum absolute atomic E-state index is 4.80. The summed E-state index contributed by atoms with van der Waals surface area (Å²) in [6, 6.07) is 6.56. The van der Waals surface area contributed by atoms with Crippen molar-refractivity contribution in [2.75, 3.05) is 0 Å². The van der Waals surface area contributed by atoms with Crippen LogP contribution < -0.4 is 0 Å². The van der Waals surface area contributed by atoms with Gasteiger partial charge in [-0.2, -0.15) is 0 Å². The summed E-state index contributed by atoms with van der Waals surface area (Å²) in [6.07, 6.45) is 6.84. The topological polar surface area (TPSA) is 28.7 Å². The minimum atomic E-state index is 0.469. The third-order valence-electron chi connectivity index (χ3n) is 4.14. The van der Waals surface area contributed by atoms with Gasteiger partial charge in [0.05, 0.1) is 11.0 Å². The second-order valence-electron chi connectivity index (χ2n) is 5.94. The van der Waals surface area contributed by atoms with Crippen molar-refractivity contribution >= 4 is 11.0 Å². The van der Waals surface area contributed by atoms with Crippen LogP contribution in [-0.2, 0) is 6.42 Å². The van der Waals surface area contributed by atoms with Crippen LogP contribution in [0.25, 0.3) is 11.0 Å². The summed E-state index contributed by atoms with van der Waals surface area (Å²) in [4.78, 5) is 8.25. The summed E-state index contributed by atoms with van der Waals surface area (Å²) in [5.74, 6) is 2.47. The van der Waals surface area contributed by atoms with Crippen molar-refractivity contribution in [1.82, 2.24) is 9.97 Å². The van der Waals surface area contributed by atoms with Gasteiger partial charge in [-0.05, 0) is 24.0 Å². The molecule has 1 N–H and O–H groups in total. The molecule has 3 rings (SSSR count). The number of hydrogen-bond donors (Lipinski definition) is 1. The van der Waals surface area contributed by atoms with Crippen LogP contribution in [0.15, 0.2) is 18.2 Å². The number of aromatic amines is 1. The first kappa shape index (κ1) is 11.8. The Bertz CT molecular complexity index is 533. The number of benzene rings is 1. The first-order valence-electron chi connectivity index (χ1n) is 7.21. The van der Waals surface area contributed by atoms with Gasteiger partial charge in [0.2, 0.25) is 0 Å². The standard InChI is InChI=1S/C16H22N2/c1-11(2)16-17-14-9-5-8-13(15(14)18-16)10-12-6-3-4-7-12/h5,8-9,11-12H,3-4,6-7,10H2,1-2H3,(H,17,18). The van der Waals surface area contributed by atoms with E-state index in [-0.39, 0.29) is 0 Å². The highest BCUT2D eigenvalue weighted by atomic mass is 14.9. The van der Waals surface area contributed by atoms with E-state index in [2.05, 4.69) is 37.0 Å². The van der Waals surface area contributed by atoms with Gasteiger partial charge in [-0.1, -0.05) is 51.7 Å². The zero-order valence-electron chi connectivity index (χ0n) is 11.4. The van der Waals surface area contributed by atoms with Crippen molar-refractivity contribution in [3.05, 3.63) is 29.6 Å². The van der Waals surface area contributed by atoms with E-state index in [4.69, 9.17) is 4.98 Å². The third-order valence-corrected chi connectivity index (χ3v) is 4.14. The van der Waals surface area contributed by atoms with Gasteiger partial charge < -0.3 is 4.98 Å². The summed E-state index contributed by atoms with van der Waals surface area (Å²) < 4.78 is 0. The molecule has 18 heavy (non-hydrogen) atoms. The predicted molar refractivity (Wildman–Crippen MR) is 75.8 cm³/mol. The van der Waals surface area contributed by atoms with E-state index >= 15 is 0 Å². The molecule has 1 fully saturated rings. The predicted octanol–water partition coefficient (Wildman–Crippen LogP) is 4.42. The fourth-order valence-corrected chi connectivity index (χ4v) is 3.07. The zero-order chi connectivity index (χ0) is 12.5. The molecule has 1 aromatic heterocycles. The fourth-order valence-electron chi connectivity index (χ4n) is 3.07. The van der Waals surface area contributed by atoms with E-state index in [1.54, 1.807) is 0 Å². The van der Waals surface area contributed by atoms with E-state index in [9.17, 15) is 0 Å². The molecule has 1 heterocycles. The van der Waals surface area contributed by atoms with Gasteiger partial charge in [0.25, 0.3) is 0 Å². The van der Waals surface area contributed by atoms with E-state index in [0.29, 0.717) is 5.92 Å². The van der Waals surface area contributed by atoms with E-state index < -0.39 is 0 Å². The number of rotatable bonds is 3. The summed E-state index contributed by atoms with van der Waals surface area (Å²) >= 11 is 0. The number of H-pyrrole nitrogens is 1. The molecule has 0 bridgehead atoms. The van der Waals surface area contributed by atoms with Gasteiger partial charge >= 0.3 is 0 Å². The van der Waals surface area contributed by atoms with Crippen molar-refractivity contribution < 1.29 is 0 Å². The van der Waals surface area contributed by atoms with Crippen LogP contribution in [0, 0.1) is 5.92 Å². The first-order valence-corrected chi connectivity index (χ1v) is 7.21. The number of nitrogens with zero attached hydrogens (tertiary/aromatic N) is 1. The Labute approximate surface area is 109 Å². The van der Waals surface area contributed by atoms with E-state index in [1.165, 1.54) is 48.7 Å². The number of fused-ring (bicyclic) bond motifs is 1. The summed E-state index contributed by atoms with van der Waals surface area (Å²) in [6.45, 7) is 4.38. The number of aromatic nitrogens is 2. The minimum absolute atomic E-state index is 0.469. The SMILES string of the molecule is CC(C)c1nc2c(CC3CCCC3)cccc2[nH]1. The second kappa shape index (κ2) is 4.75. The molecular weight excluding hydrogens is 220 g/mol. The molecular formula is C16H22N2. The normalized spacial score (nSPS) is 17.1. The number of hydrogen-bond acceptors (Lipinski definition) is 1. The molecule has 0 saturated heterocycles. The molecule has 2 heteroatoms. The second-order valence-corrected chi connectivity index (χ2v) is 5.94. The summed E-state index contributed by atoms with van der Waals surface area (Å²) in [7, 11) is 0. The monoisotopic (exact) mass is 242 g/mol. The van der Waals surface area contributed by atoms with Gasteiger partial charge in [0.15, 0.2) is 0 Å². The van der Waals surface area contributed by atoms with Crippen LogP contribution >= 0.6 is 0 Å². The van der Waals surface area contributed by atoms with Gasteiger partial charge in [-0.15, -0.1) is 0 Å². The van der Waals surface area contributed by atoms with Gasteiger partial charge in [0, 0.05) is 5.92 Å². The van der Waals surface area contributed by atoms with Crippen molar-refractivity contribution in [2.45, 2.75) is 51.9 Å². The first-order chi connectivity index (χ1) is 8.74. The van der Waals surface area contributed by atoms with Crippen molar-refractivity contribution in [1.29, 1.82) is 0 Å². The number of nitrogens with one attached hydrogen (secondary N) is 1. The Kier molecular flexibility index (Phi) is 3.11. The molecule has 0 aliphatic heterocycles. The highest BCUT2D eigenvalue weighted by molar-refractivity contribution is 5.79. The molecule has 0 atom stereocenters. The van der Waals surface area contributed by atoms with Crippen LogP contribution in [0.4, 0.5) is 0 Å². The van der Waals surface area contributed by atoms with Crippen LogP contribution in [-0.4, -0.2) is 9.97 Å². The Balaban J connectivity index is 1.95. The van der Waals surface area contributed by atoms with E-state index in [1.807, 2.05) is 0 Å². The Hall–Kier alpha value is -1.31.